The molecule has 1 fully saturated rings. The monoisotopic (exact) mass is 268 g/mol. The second-order valence-corrected chi connectivity index (χ2v) is 6.02. The van der Waals surface area contributed by atoms with Gasteiger partial charge in [0.05, 0.1) is 5.56 Å². The van der Waals surface area contributed by atoms with Gasteiger partial charge in [-0.05, 0) is 30.4 Å². The van der Waals surface area contributed by atoms with E-state index in [1.165, 1.54) is 23.3 Å². The summed E-state index contributed by atoms with van der Waals surface area (Å²) in [5.41, 5.74) is 2.14. The Kier molecular flexibility index (Phi) is 3.63. The lowest BCUT2D eigenvalue weighted by Crippen LogP contribution is -2.22. The van der Waals surface area contributed by atoms with Gasteiger partial charge in [-0.3, -0.25) is 0 Å². The zero-order chi connectivity index (χ0) is 13.1. The summed E-state index contributed by atoms with van der Waals surface area (Å²) in [6, 6.07) is 15.3. The molecule has 0 bridgehead atoms. The molecule has 1 aromatic carbocycles. The molecule has 0 amide bonds. The largest absolute Gasteiger partial charge is 0.305 e. The maximum atomic E-state index is 8.84. The smallest absolute Gasteiger partial charge is 0.100 e. The molecule has 0 radical (unpaired) electrons. The number of nitriles is 1. The maximum Gasteiger partial charge on any atom is 0.100 e. The van der Waals surface area contributed by atoms with Crippen molar-refractivity contribution in [3.8, 4) is 6.07 Å². The van der Waals surface area contributed by atoms with Crippen molar-refractivity contribution < 1.29 is 0 Å². The van der Waals surface area contributed by atoms with Gasteiger partial charge in [-0.2, -0.15) is 5.26 Å². The van der Waals surface area contributed by atoms with Gasteiger partial charge in [-0.25, -0.2) is 0 Å². The van der Waals surface area contributed by atoms with Crippen molar-refractivity contribution in [2.75, 3.05) is 0 Å². The van der Waals surface area contributed by atoms with Crippen LogP contribution in [0.25, 0.3) is 0 Å². The van der Waals surface area contributed by atoms with Crippen LogP contribution >= 0.6 is 11.3 Å². The van der Waals surface area contributed by atoms with Crippen molar-refractivity contribution in [3.63, 3.8) is 0 Å². The van der Waals surface area contributed by atoms with Crippen LogP contribution in [0, 0.1) is 17.2 Å². The van der Waals surface area contributed by atoms with Gasteiger partial charge < -0.3 is 5.32 Å². The third-order valence-electron chi connectivity index (χ3n) is 3.53. The van der Waals surface area contributed by atoms with Gasteiger partial charge in [0.15, 0.2) is 0 Å². The van der Waals surface area contributed by atoms with Crippen LogP contribution < -0.4 is 5.32 Å². The van der Waals surface area contributed by atoms with Crippen LogP contribution in [0.3, 0.4) is 0 Å². The number of nitrogens with one attached hydrogen (secondary N) is 1. The highest BCUT2D eigenvalue weighted by atomic mass is 32.1. The van der Waals surface area contributed by atoms with Crippen molar-refractivity contribution in [2.45, 2.75) is 25.4 Å². The van der Waals surface area contributed by atoms with Gasteiger partial charge in [0.1, 0.15) is 6.07 Å². The summed E-state index contributed by atoms with van der Waals surface area (Å²) < 4.78 is 0. The van der Waals surface area contributed by atoms with Gasteiger partial charge in [-0.1, -0.05) is 30.3 Å². The predicted octanol–water partition coefficient (Wildman–Crippen LogP) is 3.86. The number of rotatable bonds is 5. The molecular formula is C16H16N2S. The molecule has 0 aliphatic heterocycles. The predicted molar refractivity (Wildman–Crippen MR) is 77.8 cm³/mol. The third kappa shape index (κ3) is 3.04. The van der Waals surface area contributed by atoms with Gasteiger partial charge >= 0.3 is 0 Å². The van der Waals surface area contributed by atoms with E-state index in [4.69, 9.17) is 5.26 Å². The molecule has 0 spiro atoms. The highest BCUT2D eigenvalue weighted by Crippen LogP contribution is 2.41. The lowest BCUT2D eigenvalue weighted by molar-refractivity contribution is 0.483. The van der Waals surface area contributed by atoms with Crippen molar-refractivity contribution in [1.82, 2.24) is 5.32 Å². The van der Waals surface area contributed by atoms with E-state index in [2.05, 4.69) is 41.7 Å². The summed E-state index contributed by atoms with van der Waals surface area (Å²) in [6.07, 6.45) is 2.64. The molecule has 1 saturated carbocycles. The maximum absolute atomic E-state index is 8.84. The van der Waals surface area contributed by atoms with Crippen molar-refractivity contribution in [3.05, 3.63) is 57.8 Å². The van der Waals surface area contributed by atoms with Crippen molar-refractivity contribution in [2.24, 2.45) is 5.92 Å². The van der Waals surface area contributed by atoms with Crippen LogP contribution in [0.1, 0.15) is 34.9 Å². The highest BCUT2D eigenvalue weighted by molar-refractivity contribution is 7.10. The molecule has 1 aromatic heterocycles. The van der Waals surface area contributed by atoms with Crippen LogP contribution in [0.5, 0.6) is 0 Å². The van der Waals surface area contributed by atoms with Gasteiger partial charge in [0, 0.05) is 22.8 Å². The fourth-order valence-corrected chi connectivity index (χ4v) is 3.15. The summed E-state index contributed by atoms with van der Waals surface area (Å²) >= 11 is 1.66. The molecule has 0 saturated heterocycles. The van der Waals surface area contributed by atoms with E-state index < -0.39 is 0 Å². The third-order valence-corrected chi connectivity index (χ3v) is 4.47. The molecule has 19 heavy (non-hydrogen) atoms. The fourth-order valence-electron chi connectivity index (χ4n) is 2.39. The van der Waals surface area contributed by atoms with Gasteiger partial charge in [0.2, 0.25) is 0 Å². The molecular weight excluding hydrogens is 252 g/mol. The fraction of sp³-hybridized carbons (Fsp3) is 0.312. The van der Waals surface area contributed by atoms with E-state index in [9.17, 15) is 0 Å². The Bertz CT molecular complexity index is 578. The van der Waals surface area contributed by atoms with Crippen molar-refractivity contribution >= 4 is 11.3 Å². The Hall–Kier alpha value is -1.63. The van der Waals surface area contributed by atoms with E-state index in [0.29, 0.717) is 6.04 Å². The van der Waals surface area contributed by atoms with E-state index in [0.717, 1.165) is 18.0 Å². The number of thiophene rings is 1. The summed E-state index contributed by atoms with van der Waals surface area (Å²) in [5.74, 6) is 0.776. The standard InChI is InChI=1S/C16H16N2S/c17-9-12-8-15(19-11-12)10-18-16(14-6-7-14)13-4-2-1-3-5-13/h1-5,8,11,14,16,18H,6-7,10H2. The lowest BCUT2D eigenvalue weighted by atomic mass is 10.0. The zero-order valence-corrected chi connectivity index (χ0v) is 11.5. The normalized spacial score (nSPS) is 15.9. The molecule has 2 aromatic rings. The van der Waals surface area contributed by atoms with Crippen LogP contribution in [-0.4, -0.2) is 0 Å². The molecule has 1 heterocycles. The molecule has 1 N–H and O–H groups in total. The molecule has 1 aliphatic rings. The summed E-state index contributed by atoms with van der Waals surface area (Å²) in [7, 11) is 0. The molecule has 1 aliphatic carbocycles. The highest BCUT2D eigenvalue weighted by Gasteiger charge is 2.31. The molecule has 1 atom stereocenters. The van der Waals surface area contributed by atoms with E-state index in [-0.39, 0.29) is 0 Å². The van der Waals surface area contributed by atoms with Crippen LogP contribution in [-0.2, 0) is 6.54 Å². The Morgan fingerprint density at radius 1 is 1.32 bits per heavy atom. The summed E-state index contributed by atoms with van der Waals surface area (Å²) in [5, 5.41) is 14.4. The van der Waals surface area contributed by atoms with E-state index in [1.54, 1.807) is 11.3 Å². The molecule has 1 unspecified atom stereocenters. The first-order valence-electron chi connectivity index (χ1n) is 6.62. The van der Waals surface area contributed by atoms with Gasteiger partial charge in [0.25, 0.3) is 0 Å². The SMILES string of the molecule is N#Cc1csc(CNC(c2ccccc2)C2CC2)c1. The minimum atomic E-state index is 0.453. The second kappa shape index (κ2) is 5.56. The number of hydrogen-bond donors (Lipinski definition) is 1. The minimum absolute atomic E-state index is 0.453. The lowest BCUT2D eigenvalue weighted by Gasteiger charge is -2.18. The molecule has 3 heteroatoms. The van der Waals surface area contributed by atoms with Crippen molar-refractivity contribution in [1.29, 1.82) is 5.26 Å². The Morgan fingerprint density at radius 2 is 2.11 bits per heavy atom. The van der Waals surface area contributed by atoms with E-state index in [1.807, 2.05) is 11.4 Å². The Balaban J connectivity index is 1.67. The first-order valence-corrected chi connectivity index (χ1v) is 7.50. The number of hydrogen-bond acceptors (Lipinski definition) is 3. The number of nitrogens with zero attached hydrogens (tertiary/aromatic N) is 1. The minimum Gasteiger partial charge on any atom is -0.305 e. The topological polar surface area (TPSA) is 35.8 Å². The number of benzene rings is 1. The summed E-state index contributed by atoms with van der Waals surface area (Å²) in [4.78, 5) is 1.23. The molecule has 96 valence electrons. The van der Waals surface area contributed by atoms with Crippen LogP contribution in [0.4, 0.5) is 0 Å². The Morgan fingerprint density at radius 3 is 2.74 bits per heavy atom. The molecule has 3 rings (SSSR count). The quantitative estimate of drug-likeness (QED) is 0.893. The molecule has 2 nitrogen and oxygen atoms in total. The average molecular weight is 268 g/mol. The first-order chi connectivity index (χ1) is 9.36. The van der Waals surface area contributed by atoms with Crippen LogP contribution in [0.2, 0.25) is 0 Å². The second-order valence-electron chi connectivity index (χ2n) is 5.02. The Labute approximate surface area is 117 Å². The average Bonchev–Trinajstić information content (AvgIpc) is 3.18. The van der Waals surface area contributed by atoms with Crippen LogP contribution in [0.15, 0.2) is 41.8 Å². The zero-order valence-electron chi connectivity index (χ0n) is 10.7. The first kappa shape index (κ1) is 12.4. The van der Waals surface area contributed by atoms with Gasteiger partial charge in [-0.15, -0.1) is 11.3 Å². The summed E-state index contributed by atoms with van der Waals surface area (Å²) in [6.45, 7) is 0.850. The van der Waals surface area contributed by atoms with E-state index >= 15 is 0 Å².